The van der Waals surface area contributed by atoms with Crippen molar-refractivity contribution in [3.63, 3.8) is 0 Å². The summed E-state index contributed by atoms with van der Waals surface area (Å²) < 4.78 is 5.02. The van der Waals surface area contributed by atoms with Gasteiger partial charge in [0.15, 0.2) is 0 Å². The van der Waals surface area contributed by atoms with Gasteiger partial charge in [-0.2, -0.15) is 5.10 Å². The van der Waals surface area contributed by atoms with Crippen molar-refractivity contribution < 1.29 is 9.53 Å². The Kier molecular flexibility index (Phi) is 1.75. The summed E-state index contributed by atoms with van der Waals surface area (Å²) in [5.41, 5.74) is 0. The van der Waals surface area contributed by atoms with Gasteiger partial charge < -0.3 is 9.64 Å². The Labute approximate surface area is 68.5 Å². The van der Waals surface area contributed by atoms with E-state index < -0.39 is 0 Å². The first-order valence-electron chi connectivity index (χ1n) is 3.60. The number of aromatic amines is 1. The van der Waals surface area contributed by atoms with Gasteiger partial charge in [-0.05, 0) is 0 Å². The Bertz CT molecular complexity index is 265. The summed E-state index contributed by atoms with van der Waals surface area (Å²) >= 11 is 0. The van der Waals surface area contributed by atoms with Crippen LogP contribution in [0.3, 0.4) is 0 Å². The summed E-state index contributed by atoms with van der Waals surface area (Å²) in [6, 6.07) is 0. The number of nitrogens with one attached hydrogen (secondary N) is 1. The van der Waals surface area contributed by atoms with E-state index in [4.69, 9.17) is 4.74 Å². The zero-order valence-corrected chi connectivity index (χ0v) is 6.36. The van der Waals surface area contributed by atoms with Gasteiger partial charge >= 0.3 is 0 Å². The van der Waals surface area contributed by atoms with Gasteiger partial charge in [-0.3, -0.25) is 9.89 Å². The molecule has 0 aliphatic carbocycles. The Balaban J connectivity index is 2.09. The third kappa shape index (κ3) is 1.16. The molecular weight excluding hydrogens is 160 g/mol. The molecule has 0 spiro atoms. The minimum atomic E-state index is -0.162. The molecule has 12 heavy (non-hydrogen) atoms. The third-order valence-corrected chi connectivity index (χ3v) is 1.66. The third-order valence-electron chi connectivity index (χ3n) is 1.66. The molecule has 0 unspecified atom stereocenters. The maximum absolute atomic E-state index is 11.4. The topological polar surface area (TPSA) is 71.1 Å². The first-order valence-corrected chi connectivity index (χ1v) is 3.60. The minimum Gasteiger partial charge on any atom is -0.359 e. The highest BCUT2D eigenvalue weighted by Gasteiger charge is 2.21. The van der Waals surface area contributed by atoms with Crippen LogP contribution < -0.4 is 0 Å². The van der Waals surface area contributed by atoms with Crippen molar-refractivity contribution >= 4 is 5.91 Å². The van der Waals surface area contributed by atoms with Crippen molar-refractivity contribution in [2.75, 3.05) is 19.9 Å². The lowest BCUT2D eigenvalue weighted by atomic mass is 10.5. The van der Waals surface area contributed by atoms with Gasteiger partial charge in [-0.1, -0.05) is 0 Å². The van der Waals surface area contributed by atoms with Crippen LogP contribution in [0.25, 0.3) is 0 Å². The number of ether oxygens (including phenoxy) is 1. The number of carbonyl (C=O) groups excluding carboxylic acids is 1. The van der Waals surface area contributed by atoms with Crippen molar-refractivity contribution in [3.8, 4) is 0 Å². The predicted molar refractivity (Wildman–Crippen MR) is 38.2 cm³/mol. The molecule has 2 rings (SSSR count). The molecule has 1 fully saturated rings. The molecule has 6 nitrogen and oxygen atoms in total. The Morgan fingerprint density at radius 3 is 3.25 bits per heavy atom. The molecule has 0 bridgehead atoms. The number of hydrogen-bond acceptors (Lipinski definition) is 4. The second kappa shape index (κ2) is 2.90. The van der Waals surface area contributed by atoms with E-state index in [2.05, 4.69) is 15.2 Å². The quantitative estimate of drug-likeness (QED) is 0.598. The molecule has 64 valence electrons. The van der Waals surface area contributed by atoms with E-state index in [1.54, 1.807) is 4.90 Å². The Morgan fingerprint density at radius 2 is 2.67 bits per heavy atom. The molecule has 1 amide bonds. The molecule has 1 N–H and O–H groups in total. The van der Waals surface area contributed by atoms with Gasteiger partial charge in [0.2, 0.25) is 5.82 Å². The van der Waals surface area contributed by atoms with E-state index in [-0.39, 0.29) is 11.7 Å². The van der Waals surface area contributed by atoms with E-state index in [0.717, 1.165) is 0 Å². The summed E-state index contributed by atoms with van der Waals surface area (Å²) in [6.45, 7) is 1.57. The predicted octanol–water partition coefficient (Wildman–Crippen LogP) is -0.765. The maximum atomic E-state index is 11.4. The Morgan fingerprint density at radius 1 is 1.75 bits per heavy atom. The van der Waals surface area contributed by atoms with Gasteiger partial charge in [0, 0.05) is 6.54 Å². The maximum Gasteiger partial charge on any atom is 0.293 e. The molecule has 1 aliphatic heterocycles. The smallest absolute Gasteiger partial charge is 0.293 e. The highest BCUT2D eigenvalue weighted by molar-refractivity contribution is 5.90. The van der Waals surface area contributed by atoms with Gasteiger partial charge in [-0.15, -0.1) is 0 Å². The van der Waals surface area contributed by atoms with Crippen molar-refractivity contribution in [1.82, 2.24) is 20.1 Å². The molecule has 1 aromatic rings. The highest BCUT2D eigenvalue weighted by atomic mass is 16.5. The zero-order valence-electron chi connectivity index (χ0n) is 6.36. The molecule has 0 radical (unpaired) electrons. The number of carbonyl (C=O) groups is 1. The van der Waals surface area contributed by atoms with Crippen LogP contribution >= 0.6 is 0 Å². The van der Waals surface area contributed by atoms with Crippen LogP contribution in [0.5, 0.6) is 0 Å². The summed E-state index contributed by atoms with van der Waals surface area (Å²) in [4.78, 5) is 16.7. The number of amides is 1. The minimum absolute atomic E-state index is 0.162. The molecule has 1 aliphatic rings. The van der Waals surface area contributed by atoms with Crippen molar-refractivity contribution in [3.05, 3.63) is 12.2 Å². The second-order valence-corrected chi connectivity index (χ2v) is 2.44. The van der Waals surface area contributed by atoms with Crippen LogP contribution in [-0.4, -0.2) is 45.9 Å². The average molecular weight is 168 g/mol. The van der Waals surface area contributed by atoms with E-state index >= 15 is 0 Å². The summed E-state index contributed by atoms with van der Waals surface area (Å²) in [6.07, 6.45) is 1.31. The first-order chi connectivity index (χ1) is 5.88. The van der Waals surface area contributed by atoms with Gasteiger partial charge in [0.25, 0.3) is 5.91 Å². The van der Waals surface area contributed by atoms with Gasteiger partial charge in [0.1, 0.15) is 13.1 Å². The van der Waals surface area contributed by atoms with Crippen LogP contribution in [0.15, 0.2) is 6.33 Å². The van der Waals surface area contributed by atoms with Gasteiger partial charge in [-0.25, -0.2) is 4.98 Å². The monoisotopic (exact) mass is 168 g/mol. The normalized spacial score (nSPS) is 16.8. The molecule has 1 aromatic heterocycles. The fourth-order valence-electron chi connectivity index (χ4n) is 1.03. The number of aromatic nitrogens is 3. The van der Waals surface area contributed by atoms with Crippen molar-refractivity contribution in [2.45, 2.75) is 0 Å². The van der Waals surface area contributed by atoms with Crippen LogP contribution in [0.2, 0.25) is 0 Å². The molecule has 1 saturated heterocycles. The fourth-order valence-corrected chi connectivity index (χ4v) is 1.03. The molecule has 0 atom stereocenters. The molecule has 6 heteroatoms. The van der Waals surface area contributed by atoms with Crippen LogP contribution in [0, 0.1) is 0 Å². The number of hydrogen-bond donors (Lipinski definition) is 1. The SMILES string of the molecule is O=C(c1ncn[nH]1)N1CCOC1. The van der Waals surface area contributed by atoms with Crippen LogP contribution in [0.1, 0.15) is 10.6 Å². The van der Waals surface area contributed by atoms with Crippen LogP contribution in [-0.2, 0) is 4.74 Å². The van der Waals surface area contributed by atoms with Crippen molar-refractivity contribution in [2.24, 2.45) is 0 Å². The molecule has 2 heterocycles. The van der Waals surface area contributed by atoms with E-state index in [1.165, 1.54) is 6.33 Å². The molecular formula is C6H8N4O2. The summed E-state index contributed by atoms with van der Waals surface area (Å²) in [5, 5.41) is 6.10. The fraction of sp³-hybridized carbons (Fsp3) is 0.500. The van der Waals surface area contributed by atoms with Gasteiger partial charge in [0.05, 0.1) is 6.61 Å². The number of H-pyrrole nitrogens is 1. The number of nitrogens with zero attached hydrogens (tertiary/aromatic N) is 3. The summed E-state index contributed by atoms with van der Waals surface area (Å²) in [5.74, 6) is 0.102. The first kappa shape index (κ1) is 7.23. The van der Waals surface area contributed by atoms with E-state index in [1.807, 2.05) is 0 Å². The second-order valence-electron chi connectivity index (χ2n) is 2.44. The lowest BCUT2D eigenvalue weighted by Gasteiger charge is -2.09. The molecule has 0 saturated carbocycles. The van der Waals surface area contributed by atoms with Crippen LogP contribution in [0.4, 0.5) is 0 Å². The Hall–Kier alpha value is -1.43. The zero-order chi connectivity index (χ0) is 8.39. The average Bonchev–Trinajstić information content (AvgIpc) is 2.77. The highest BCUT2D eigenvalue weighted by Crippen LogP contribution is 2.03. The van der Waals surface area contributed by atoms with Crippen molar-refractivity contribution in [1.29, 1.82) is 0 Å². The number of rotatable bonds is 1. The lowest BCUT2D eigenvalue weighted by Crippen LogP contribution is -2.29. The van der Waals surface area contributed by atoms with E-state index in [9.17, 15) is 4.79 Å². The standard InChI is InChI=1S/C6H8N4O2/c11-6(5-7-3-8-9-5)10-1-2-12-4-10/h3H,1-2,4H2,(H,7,8,9). The molecule has 0 aromatic carbocycles. The van der Waals surface area contributed by atoms with E-state index in [0.29, 0.717) is 19.9 Å². The largest absolute Gasteiger partial charge is 0.359 e. The summed E-state index contributed by atoms with van der Waals surface area (Å²) in [7, 11) is 0. The lowest BCUT2D eigenvalue weighted by molar-refractivity contribution is 0.0683.